The van der Waals surface area contributed by atoms with Gasteiger partial charge in [-0.25, -0.2) is 0 Å². The second-order valence-electron chi connectivity index (χ2n) is 6.41. The molecule has 1 unspecified atom stereocenters. The molecule has 2 aromatic rings. The first-order valence-corrected chi connectivity index (χ1v) is 8.47. The average Bonchev–Trinajstić information content (AvgIpc) is 2.64. The number of fused-ring (bicyclic) bond motifs is 1. The molecule has 1 heterocycles. The van der Waals surface area contributed by atoms with Crippen LogP contribution in [0.1, 0.15) is 22.3 Å². The van der Waals surface area contributed by atoms with Crippen molar-refractivity contribution in [3.8, 4) is 11.5 Å². The van der Waals surface area contributed by atoms with Gasteiger partial charge in [0.2, 0.25) is 0 Å². The number of nitrogens with zero attached hydrogens (tertiary/aromatic N) is 1. The largest absolute Gasteiger partial charge is 0.508 e. The van der Waals surface area contributed by atoms with Crippen LogP contribution in [0.3, 0.4) is 0 Å². The van der Waals surface area contributed by atoms with Gasteiger partial charge in [-0.3, -0.25) is 9.59 Å². The molecule has 0 bridgehead atoms. The van der Waals surface area contributed by atoms with Crippen LogP contribution in [0.2, 0.25) is 0 Å². The van der Waals surface area contributed by atoms with Gasteiger partial charge in [0, 0.05) is 18.3 Å². The summed E-state index contributed by atoms with van der Waals surface area (Å²) in [6.07, 6.45) is -4.16. The topological polar surface area (TPSA) is 89.9 Å². The summed E-state index contributed by atoms with van der Waals surface area (Å²) in [5.41, 5.74) is 1.21. The summed E-state index contributed by atoms with van der Waals surface area (Å²) < 4.78 is 37.5. The average molecular weight is 394 g/mol. The van der Waals surface area contributed by atoms with Crippen LogP contribution in [0.5, 0.6) is 11.5 Å². The molecule has 6 nitrogen and oxygen atoms in total. The van der Waals surface area contributed by atoms with E-state index in [0.29, 0.717) is 18.5 Å². The van der Waals surface area contributed by atoms with Crippen molar-refractivity contribution in [2.75, 3.05) is 11.4 Å². The van der Waals surface area contributed by atoms with Crippen molar-refractivity contribution < 1.29 is 33.0 Å². The molecule has 148 valence electrons. The number of carbonyl (C=O) groups is 2. The van der Waals surface area contributed by atoms with E-state index in [0.717, 1.165) is 11.6 Å². The van der Waals surface area contributed by atoms with Crippen LogP contribution in [-0.2, 0) is 11.2 Å². The maximum absolute atomic E-state index is 13.1. The third-order valence-corrected chi connectivity index (χ3v) is 4.55. The first-order valence-electron chi connectivity index (χ1n) is 8.47. The predicted octanol–water partition coefficient (Wildman–Crippen LogP) is 2.74. The number of phenols is 2. The zero-order chi connectivity index (χ0) is 20.5. The van der Waals surface area contributed by atoms with E-state index in [1.165, 1.54) is 17.0 Å². The number of anilines is 1. The van der Waals surface area contributed by atoms with Crippen LogP contribution in [0.15, 0.2) is 42.5 Å². The van der Waals surface area contributed by atoms with Crippen LogP contribution in [-0.4, -0.2) is 40.8 Å². The number of hydrogen-bond acceptors (Lipinski definition) is 4. The van der Waals surface area contributed by atoms with Crippen molar-refractivity contribution >= 4 is 17.5 Å². The Morgan fingerprint density at radius 3 is 2.54 bits per heavy atom. The molecule has 9 heteroatoms. The predicted molar refractivity (Wildman–Crippen MR) is 94.2 cm³/mol. The summed E-state index contributed by atoms with van der Waals surface area (Å²) in [5, 5.41) is 21.3. The fourth-order valence-corrected chi connectivity index (χ4v) is 3.22. The summed E-state index contributed by atoms with van der Waals surface area (Å²) in [5.74, 6) is -3.41. The summed E-state index contributed by atoms with van der Waals surface area (Å²) in [4.78, 5) is 25.6. The number of aryl methyl sites for hydroxylation is 1. The van der Waals surface area contributed by atoms with Gasteiger partial charge in [0.25, 0.3) is 5.91 Å². The molecule has 3 N–H and O–H groups in total. The lowest BCUT2D eigenvalue weighted by Gasteiger charge is -2.37. The Morgan fingerprint density at radius 2 is 1.86 bits per heavy atom. The molecule has 1 aliphatic rings. The van der Waals surface area contributed by atoms with Crippen molar-refractivity contribution in [2.24, 2.45) is 0 Å². The van der Waals surface area contributed by atoms with Gasteiger partial charge in [-0.05, 0) is 36.6 Å². The molecular formula is C19H17F3N2O4. The van der Waals surface area contributed by atoms with Crippen LogP contribution >= 0.6 is 0 Å². The lowest BCUT2D eigenvalue weighted by atomic mass is 9.94. The lowest BCUT2D eigenvalue weighted by molar-refractivity contribution is -0.173. The number of phenolic OH excluding ortho intramolecular Hbond substituents is 2. The maximum Gasteiger partial charge on any atom is 0.471 e. The quantitative estimate of drug-likeness (QED) is 0.747. The Kier molecular flexibility index (Phi) is 5.17. The van der Waals surface area contributed by atoms with Gasteiger partial charge in [0.15, 0.2) is 0 Å². The van der Waals surface area contributed by atoms with E-state index < -0.39 is 36.3 Å². The molecule has 1 atom stereocenters. The van der Waals surface area contributed by atoms with Crippen molar-refractivity contribution in [2.45, 2.75) is 25.1 Å². The molecule has 0 radical (unpaired) electrons. The Morgan fingerprint density at radius 1 is 1.14 bits per heavy atom. The number of benzene rings is 2. The molecule has 0 spiro atoms. The van der Waals surface area contributed by atoms with E-state index in [9.17, 15) is 33.0 Å². The first kappa shape index (κ1) is 19.5. The van der Waals surface area contributed by atoms with Gasteiger partial charge >= 0.3 is 12.1 Å². The minimum absolute atomic E-state index is 0.110. The van der Waals surface area contributed by atoms with Gasteiger partial charge in [-0.2, -0.15) is 13.2 Å². The van der Waals surface area contributed by atoms with E-state index in [1.54, 1.807) is 24.3 Å². The zero-order valence-corrected chi connectivity index (χ0v) is 14.5. The smallest absolute Gasteiger partial charge is 0.471 e. The van der Waals surface area contributed by atoms with Gasteiger partial charge in [-0.15, -0.1) is 0 Å². The normalized spacial score (nSPS) is 16.4. The minimum Gasteiger partial charge on any atom is -0.508 e. The summed E-state index contributed by atoms with van der Waals surface area (Å²) in [7, 11) is 0. The maximum atomic E-state index is 13.1. The van der Waals surface area contributed by atoms with E-state index in [4.69, 9.17) is 0 Å². The molecule has 28 heavy (non-hydrogen) atoms. The molecule has 0 aromatic heterocycles. The molecule has 0 fully saturated rings. The standard InChI is InChI=1S/C19H17F3N2O4/c20-19(21,22)18(28)23-10-12-6-5-11-3-1-2-4-15(11)24(12)17(27)14-8-7-13(25)9-16(14)26/h1-4,7-9,12,25-26H,5-6,10H2,(H,23,28). The van der Waals surface area contributed by atoms with Crippen molar-refractivity contribution in [1.82, 2.24) is 5.32 Å². The molecule has 0 saturated carbocycles. The van der Waals surface area contributed by atoms with Gasteiger partial charge in [0.05, 0.1) is 11.6 Å². The number of para-hydroxylation sites is 1. The Bertz CT molecular complexity index is 914. The Balaban J connectivity index is 1.94. The van der Waals surface area contributed by atoms with Gasteiger partial charge in [0.1, 0.15) is 11.5 Å². The molecule has 0 saturated heterocycles. The van der Waals surface area contributed by atoms with Gasteiger partial charge < -0.3 is 20.4 Å². The molecule has 0 aliphatic carbocycles. The van der Waals surface area contributed by atoms with E-state index in [-0.39, 0.29) is 11.3 Å². The number of rotatable bonds is 3. The van der Waals surface area contributed by atoms with Crippen LogP contribution in [0.4, 0.5) is 18.9 Å². The molecular weight excluding hydrogens is 377 g/mol. The molecule has 2 amide bonds. The third kappa shape index (κ3) is 3.88. The van der Waals surface area contributed by atoms with Crippen molar-refractivity contribution in [3.63, 3.8) is 0 Å². The number of aromatic hydroxyl groups is 2. The van der Waals surface area contributed by atoms with Crippen molar-refractivity contribution in [1.29, 1.82) is 0 Å². The number of amides is 2. The second-order valence-corrected chi connectivity index (χ2v) is 6.41. The molecule has 3 rings (SSSR count). The van der Waals surface area contributed by atoms with Gasteiger partial charge in [-0.1, -0.05) is 18.2 Å². The van der Waals surface area contributed by atoms with E-state index in [1.807, 2.05) is 5.32 Å². The fraction of sp³-hybridized carbons (Fsp3) is 0.263. The highest BCUT2D eigenvalue weighted by Gasteiger charge is 2.40. The number of alkyl halides is 3. The van der Waals surface area contributed by atoms with Crippen LogP contribution in [0, 0.1) is 0 Å². The number of nitrogens with one attached hydrogen (secondary N) is 1. The number of halogens is 3. The number of hydrogen-bond donors (Lipinski definition) is 3. The first-order chi connectivity index (χ1) is 13.2. The zero-order valence-electron chi connectivity index (χ0n) is 14.5. The minimum atomic E-state index is -5.02. The summed E-state index contributed by atoms with van der Waals surface area (Å²) in [6.45, 7) is -0.392. The lowest BCUT2D eigenvalue weighted by Crippen LogP contribution is -2.51. The highest BCUT2D eigenvalue weighted by molar-refractivity contribution is 6.09. The monoisotopic (exact) mass is 394 g/mol. The third-order valence-electron chi connectivity index (χ3n) is 4.55. The molecule has 2 aromatic carbocycles. The Hall–Kier alpha value is -3.23. The Labute approximate surface area is 158 Å². The highest BCUT2D eigenvalue weighted by Crippen LogP contribution is 2.34. The van der Waals surface area contributed by atoms with E-state index in [2.05, 4.69) is 0 Å². The molecule has 1 aliphatic heterocycles. The van der Waals surface area contributed by atoms with Crippen molar-refractivity contribution in [3.05, 3.63) is 53.6 Å². The van der Waals surface area contributed by atoms with Crippen LogP contribution < -0.4 is 10.2 Å². The SMILES string of the molecule is O=C(c1ccc(O)cc1O)N1c2ccccc2CCC1CNC(=O)C(F)(F)F. The second kappa shape index (κ2) is 7.41. The highest BCUT2D eigenvalue weighted by atomic mass is 19.4. The number of carbonyl (C=O) groups excluding carboxylic acids is 2. The fourth-order valence-electron chi connectivity index (χ4n) is 3.22. The summed E-state index contributed by atoms with van der Waals surface area (Å²) in [6, 6.07) is 9.65. The van der Waals surface area contributed by atoms with Crippen LogP contribution in [0.25, 0.3) is 0 Å². The summed E-state index contributed by atoms with van der Waals surface area (Å²) >= 11 is 0. The van der Waals surface area contributed by atoms with E-state index >= 15 is 0 Å².